The molecule has 0 spiro atoms. The highest BCUT2D eigenvalue weighted by molar-refractivity contribution is 6.31. The highest BCUT2D eigenvalue weighted by Crippen LogP contribution is 2.26. The van der Waals surface area contributed by atoms with E-state index >= 15 is 0 Å². The van der Waals surface area contributed by atoms with Crippen molar-refractivity contribution in [3.63, 3.8) is 0 Å². The summed E-state index contributed by atoms with van der Waals surface area (Å²) in [5.74, 6) is 0.405. The quantitative estimate of drug-likeness (QED) is 0.913. The molecule has 0 aliphatic carbocycles. The molecule has 0 amide bonds. The minimum absolute atomic E-state index is 0.176. The SMILES string of the molecule is COc1ccc(F)c(Nc2nccnc2Cl)c1. The monoisotopic (exact) mass is 253 g/mol. The second-order valence-corrected chi connectivity index (χ2v) is 3.52. The van der Waals surface area contributed by atoms with Gasteiger partial charge in [0.2, 0.25) is 0 Å². The molecular formula is C11H9ClFN3O. The molecule has 0 aliphatic heterocycles. The van der Waals surface area contributed by atoms with Crippen molar-refractivity contribution in [2.45, 2.75) is 0 Å². The van der Waals surface area contributed by atoms with Crippen LogP contribution in [-0.2, 0) is 0 Å². The van der Waals surface area contributed by atoms with Gasteiger partial charge in [-0.05, 0) is 12.1 Å². The third-order valence-electron chi connectivity index (χ3n) is 2.08. The molecule has 1 aromatic carbocycles. The summed E-state index contributed by atoms with van der Waals surface area (Å²) in [6.07, 6.45) is 2.92. The topological polar surface area (TPSA) is 47.0 Å². The van der Waals surface area contributed by atoms with Gasteiger partial charge in [0.05, 0.1) is 12.8 Å². The fourth-order valence-corrected chi connectivity index (χ4v) is 1.41. The Labute approximate surface area is 102 Å². The van der Waals surface area contributed by atoms with Gasteiger partial charge < -0.3 is 10.1 Å². The van der Waals surface area contributed by atoms with E-state index in [0.29, 0.717) is 11.6 Å². The van der Waals surface area contributed by atoms with Crippen LogP contribution in [0.3, 0.4) is 0 Å². The third kappa shape index (κ3) is 2.62. The van der Waals surface area contributed by atoms with Gasteiger partial charge in [-0.1, -0.05) is 11.6 Å². The molecule has 0 aliphatic rings. The summed E-state index contributed by atoms with van der Waals surface area (Å²) in [7, 11) is 1.51. The molecule has 1 aromatic heterocycles. The molecule has 6 heteroatoms. The van der Waals surface area contributed by atoms with Crippen LogP contribution in [0, 0.1) is 5.82 Å². The predicted molar refractivity (Wildman–Crippen MR) is 63.3 cm³/mol. The van der Waals surface area contributed by atoms with Crippen molar-refractivity contribution >= 4 is 23.1 Å². The Morgan fingerprint density at radius 3 is 2.76 bits per heavy atom. The molecule has 0 radical (unpaired) electrons. The molecule has 0 saturated carbocycles. The van der Waals surface area contributed by atoms with Gasteiger partial charge in [-0.3, -0.25) is 0 Å². The fraction of sp³-hybridized carbons (Fsp3) is 0.0909. The van der Waals surface area contributed by atoms with Crippen LogP contribution in [0.15, 0.2) is 30.6 Å². The van der Waals surface area contributed by atoms with E-state index in [2.05, 4.69) is 15.3 Å². The van der Waals surface area contributed by atoms with E-state index in [0.717, 1.165) is 0 Å². The maximum absolute atomic E-state index is 13.5. The number of halogens is 2. The number of methoxy groups -OCH3 is 1. The molecule has 88 valence electrons. The van der Waals surface area contributed by atoms with Crippen molar-refractivity contribution in [1.82, 2.24) is 9.97 Å². The highest BCUT2D eigenvalue weighted by Gasteiger charge is 2.07. The van der Waals surface area contributed by atoms with E-state index < -0.39 is 5.82 Å². The third-order valence-corrected chi connectivity index (χ3v) is 2.36. The van der Waals surface area contributed by atoms with E-state index in [1.165, 1.54) is 37.7 Å². The van der Waals surface area contributed by atoms with Gasteiger partial charge in [0.25, 0.3) is 0 Å². The summed E-state index contributed by atoms with van der Waals surface area (Å²) in [4.78, 5) is 7.79. The fourth-order valence-electron chi connectivity index (χ4n) is 1.26. The molecule has 0 bridgehead atoms. The van der Waals surface area contributed by atoms with Gasteiger partial charge in [-0.2, -0.15) is 0 Å². The number of hydrogen-bond donors (Lipinski definition) is 1. The number of nitrogens with zero attached hydrogens (tertiary/aromatic N) is 2. The summed E-state index contributed by atoms with van der Waals surface area (Å²) in [5, 5.41) is 2.93. The maximum atomic E-state index is 13.5. The van der Waals surface area contributed by atoms with Crippen molar-refractivity contribution in [2.24, 2.45) is 0 Å². The van der Waals surface area contributed by atoms with Crippen LogP contribution in [0.25, 0.3) is 0 Å². The van der Waals surface area contributed by atoms with Gasteiger partial charge in [0.15, 0.2) is 11.0 Å². The van der Waals surface area contributed by atoms with Crippen molar-refractivity contribution in [3.8, 4) is 5.75 Å². The minimum atomic E-state index is -0.424. The van der Waals surface area contributed by atoms with Crippen molar-refractivity contribution < 1.29 is 9.13 Å². The van der Waals surface area contributed by atoms with E-state index in [-0.39, 0.29) is 10.8 Å². The number of ether oxygens (including phenoxy) is 1. The van der Waals surface area contributed by atoms with Crippen LogP contribution in [0.4, 0.5) is 15.9 Å². The number of anilines is 2. The zero-order valence-electron chi connectivity index (χ0n) is 8.95. The minimum Gasteiger partial charge on any atom is -0.497 e. The number of rotatable bonds is 3. The summed E-state index contributed by atoms with van der Waals surface area (Å²) in [6, 6.07) is 4.34. The molecule has 4 nitrogen and oxygen atoms in total. The largest absolute Gasteiger partial charge is 0.497 e. The van der Waals surface area contributed by atoms with Crippen molar-refractivity contribution in [1.29, 1.82) is 0 Å². The van der Waals surface area contributed by atoms with Crippen LogP contribution < -0.4 is 10.1 Å². The van der Waals surface area contributed by atoms with Gasteiger partial charge in [0.1, 0.15) is 11.6 Å². The molecule has 0 atom stereocenters. The molecule has 2 aromatic rings. The first-order valence-corrected chi connectivity index (χ1v) is 5.15. The standard InChI is InChI=1S/C11H9ClFN3O/c1-17-7-2-3-8(13)9(6-7)16-11-10(12)14-4-5-15-11/h2-6H,1H3,(H,15,16). The molecule has 0 unspecified atom stereocenters. The lowest BCUT2D eigenvalue weighted by Crippen LogP contribution is -1.98. The van der Waals surface area contributed by atoms with Gasteiger partial charge in [-0.15, -0.1) is 0 Å². The number of benzene rings is 1. The molecule has 0 fully saturated rings. The smallest absolute Gasteiger partial charge is 0.171 e. The van der Waals surface area contributed by atoms with Crippen molar-refractivity contribution in [3.05, 3.63) is 41.6 Å². The first-order chi connectivity index (χ1) is 8.20. The summed E-state index contributed by atoms with van der Waals surface area (Å²) in [5.41, 5.74) is 0.228. The second-order valence-electron chi connectivity index (χ2n) is 3.17. The van der Waals surface area contributed by atoms with Crippen LogP contribution in [-0.4, -0.2) is 17.1 Å². The maximum Gasteiger partial charge on any atom is 0.171 e. The average molecular weight is 254 g/mol. The summed E-state index contributed by atoms with van der Waals surface area (Å²) < 4.78 is 18.5. The molecule has 2 rings (SSSR count). The zero-order chi connectivity index (χ0) is 12.3. The summed E-state index contributed by atoms with van der Waals surface area (Å²) >= 11 is 5.81. The van der Waals surface area contributed by atoms with Crippen LogP contribution in [0.2, 0.25) is 5.15 Å². The Morgan fingerprint density at radius 1 is 1.29 bits per heavy atom. The van der Waals surface area contributed by atoms with Crippen molar-refractivity contribution in [2.75, 3.05) is 12.4 Å². The lowest BCUT2D eigenvalue weighted by atomic mass is 10.3. The average Bonchev–Trinajstić information content (AvgIpc) is 2.35. The number of hydrogen-bond acceptors (Lipinski definition) is 4. The van der Waals surface area contributed by atoms with E-state index in [1.54, 1.807) is 0 Å². The Kier molecular flexibility index (Phi) is 3.39. The highest BCUT2D eigenvalue weighted by atomic mass is 35.5. The molecule has 17 heavy (non-hydrogen) atoms. The Morgan fingerprint density at radius 2 is 2.06 bits per heavy atom. The molecule has 1 heterocycles. The number of nitrogens with one attached hydrogen (secondary N) is 1. The van der Waals surface area contributed by atoms with E-state index in [1.807, 2.05) is 0 Å². The van der Waals surface area contributed by atoms with Gasteiger partial charge >= 0.3 is 0 Å². The lowest BCUT2D eigenvalue weighted by molar-refractivity contribution is 0.414. The Bertz CT molecular complexity index is 536. The van der Waals surface area contributed by atoms with Crippen LogP contribution >= 0.6 is 11.6 Å². The zero-order valence-corrected chi connectivity index (χ0v) is 9.70. The predicted octanol–water partition coefficient (Wildman–Crippen LogP) is 3.02. The van der Waals surface area contributed by atoms with E-state index in [4.69, 9.17) is 16.3 Å². The molecule has 1 N–H and O–H groups in total. The Hall–Kier alpha value is -1.88. The van der Waals surface area contributed by atoms with E-state index in [9.17, 15) is 4.39 Å². The normalized spacial score (nSPS) is 10.1. The van der Waals surface area contributed by atoms with Gasteiger partial charge in [-0.25, -0.2) is 14.4 Å². The van der Waals surface area contributed by atoms with Crippen LogP contribution in [0.1, 0.15) is 0 Å². The second kappa shape index (κ2) is 4.97. The summed E-state index contributed by atoms with van der Waals surface area (Å²) in [6.45, 7) is 0. The van der Waals surface area contributed by atoms with Gasteiger partial charge in [0, 0.05) is 18.5 Å². The lowest BCUT2D eigenvalue weighted by Gasteiger charge is -2.08. The molecule has 0 saturated heterocycles. The Balaban J connectivity index is 2.32. The first-order valence-electron chi connectivity index (χ1n) is 4.78. The number of aromatic nitrogens is 2. The first kappa shape index (κ1) is 11.6. The van der Waals surface area contributed by atoms with Crippen LogP contribution in [0.5, 0.6) is 5.75 Å². The molecular weight excluding hydrogens is 245 g/mol.